The lowest BCUT2D eigenvalue weighted by Gasteiger charge is -2.20. The van der Waals surface area contributed by atoms with Crippen LogP contribution in [0.3, 0.4) is 0 Å². The van der Waals surface area contributed by atoms with E-state index < -0.39 is 0 Å². The zero-order valence-corrected chi connectivity index (χ0v) is 16.2. The summed E-state index contributed by atoms with van der Waals surface area (Å²) in [5.74, 6) is 1.04. The van der Waals surface area contributed by atoms with Crippen molar-refractivity contribution in [2.45, 2.75) is 10.9 Å². The average Bonchev–Trinajstić information content (AvgIpc) is 2.86. The third kappa shape index (κ3) is 4.08. The number of thiocarbonyl (C=S) groups is 1. The van der Waals surface area contributed by atoms with Crippen LogP contribution in [0.1, 0.15) is 11.6 Å². The smallest absolute Gasteiger partial charge is 0.172 e. The molecule has 120 valence electrons. The van der Waals surface area contributed by atoms with E-state index in [4.69, 9.17) is 12.2 Å². The van der Waals surface area contributed by atoms with Crippen LogP contribution in [0.25, 0.3) is 0 Å². The maximum atomic E-state index is 5.62. The Hall–Kier alpha value is -1.04. The molecule has 2 aromatic carbocycles. The average molecular weight is 407 g/mol. The highest BCUT2D eigenvalue weighted by atomic mass is 79.9. The Kier molecular flexibility index (Phi) is 5.62. The summed E-state index contributed by atoms with van der Waals surface area (Å²) in [7, 11) is 2.10. The van der Waals surface area contributed by atoms with Gasteiger partial charge in [0.15, 0.2) is 5.11 Å². The lowest BCUT2D eigenvalue weighted by molar-refractivity contribution is 0.403. The van der Waals surface area contributed by atoms with Crippen molar-refractivity contribution in [2.75, 3.05) is 25.9 Å². The van der Waals surface area contributed by atoms with Crippen LogP contribution in [-0.2, 0) is 0 Å². The summed E-state index contributed by atoms with van der Waals surface area (Å²) in [5.41, 5.74) is 1.33. The fourth-order valence-corrected chi connectivity index (χ4v) is 4.19. The minimum Gasteiger partial charge on any atom is -0.346 e. The molecular formula is C18H19BrN2S2. The van der Waals surface area contributed by atoms with E-state index in [1.807, 2.05) is 11.8 Å². The van der Waals surface area contributed by atoms with Crippen molar-refractivity contribution < 1.29 is 0 Å². The SMILES string of the molecule is CN1C(=S)N(CCSc2ccc(Br)cc2)CC1c1ccccc1. The van der Waals surface area contributed by atoms with Gasteiger partial charge in [-0.1, -0.05) is 46.3 Å². The fourth-order valence-electron chi connectivity index (χ4n) is 2.76. The molecule has 0 amide bonds. The van der Waals surface area contributed by atoms with E-state index in [1.54, 1.807) is 0 Å². The second kappa shape index (κ2) is 7.69. The normalized spacial score (nSPS) is 17.8. The van der Waals surface area contributed by atoms with Crippen LogP contribution in [0, 0.1) is 0 Å². The van der Waals surface area contributed by atoms with Gasteiger partial charge in [0.2, 0.25) is 0 Å². The van der Waals surface area contributed by atoms with E-state index in [1.165, 1.54) is 10.5 Å². The molecule has 0 saturated carbocycles. The van der Waals surface area contributed by atoms with Gasteiger partial charge in [0.25, 0.3) is 0 Å². The standard InChI is InChI=1S/C18H19BrN2S2/c1-20-17(14-5-3-2-4-6-14)13-21(18(20)22)11-12-23-16-9-7-15(19)8-10-16/h2-10,17H,11-13H2,1H3. The lowest BCUT2D eigenvalue weighted by Crippen LogP contribution is -2.31. The van der Waals surface area contributed by atoms with Crippen LogP contribution in [0.4, 0.5) is 0 Å². The van der Waals surface area contributed by atoms with E-state index in [9.17, 15) is 0 Å². The highest BCUT2D eigenvalue weighted by molar-refractivity contribution is 9.10. The van der Waals surface area contributed by atoms with E-state index in [-0.39, 0.29) is 0 Å². The Bertz CT molecular complexity index is 660. The van der Waals surface area contributed by atoms with Gasteiger partial charge < -0.3 is 9.80 Å². The Morgan fingerprint density at radius 3 is 2.52 bits per heavy atom. The Morgan fingerprint density at radius 1 is 1.13 bits per heavy atom. The van der Waals surface area contributed by atoms with Crippen molar-refractivity contribution in [1.29, 1.82) is 0 Å². The maximum Gasteiger partial charge on any atom is 0.172 e. The first kappa shape index (κ1) is 16.8. The van der Waals surface area contributed by atoms with Crippen molar-refractivity contribution in [1.82, 2.24) is 9.80 Å². The second-order valence-electron chi connectivity index (χ2n) is 5.57. The van der Waals surface area contributed by atoms with E-state index in [0.29, 0.717) is 6.04 Å². The van der Waals surface area contributed by atoms with Gasteiger partial charge in [-0.25, -0.2) is 0 Å². The Balaban J connectivity index is 1.56. The first-order valence-electron chi connectivity index (χ1n) is 7.60. The van der Waals surface area contributed by atoms with Gasteiger partial charge in [-0.3, -0.25) is 0 Å². The number of thioether (sulfide) groups is 1. The van der Waals surface area contributed by atoms with Crippen LogP contribution in [0.2, 0.25) is 0 Å². The molecule has 2 nitrogen and oxygen atoms in total. The van der Waals surface area contributed by atoms with Crippen molar-refractivity contribution in [2.24, 2.45) is 0 Å². The van der Waals surface area contributed by atoms with Crippen molar-refractivity contribution in [3.8, 4) is 0 Å². The second-order valence-corrected chi connectivity index (χ2v) is 8.02. The number of benzene rings is 2. The molecule has 0 aliphatic carbocycles. The van der Waals surface area contributed by atoms with Crippen LogP contribution in [-0.4, -0.2) is 40.8 Å². The van der Waals surface area contributed by atoms with Gasteiger partial charge >= 0.3 is 0 Å². The lowest BCUT2D eigenvalue weighted by atomic mass is 10.1. The van der Waals surface area contributed by atoms with Gasteiger partial charge in [-0.15, -0.1) is 11.8 Å². The summed E-state index contributed by atoms with van der Waals surface area (Å²) in [5, 5.41) is 0.954. The summed E-state index contributed by atoms with van der Waals surface area (Å²) in [6.07, 6.45) is 0. The molecule has 0 bridgehead atoms. The number of hydrogen-bond acceptors (Lipinski definition) is 2. The summed E-state index contributed by atoms with van der Waals surface area (Å²) in [6, 6.07) is 19.4. The van der Waals surface area contributed by atoms with Gasteiger partial charge in [0.1, 0.15) is 0 Å². The Labute approximate surface area is 156 Å². The minimum absolute atomic E-state index is 0.362. The highest BCUT2D eigenvalue weighted by Gasteiger charge is 2.31. The molecule has 23 heavy (non-hydrogen) atoms. The van der Waals surface area contributed by atoms with E-state index >= 15 is 0 Å². The molecule has 1 atom stereocenters. The number of hydrogen-bond donors (Lipinski definition) is 0. The molecule has 0 spiro atoms. The Morgan fingerprint density at radius 2 is 1.83 bits per heavy atom. The van der Waals surface area contributed by atoms with Gasteiger partial charge in [-0.05, 0) is 42.0 Å². The van der Waals surface area contributed by atoms with E-state index in [0.717, 1.165) is 28.4 Å². The fraction of sp³-hybridized carbons (Fsp3) is 0.278. The van der Waals surface area contributed by atoms with Gasteiger partial charge in [0, 0.05) is 35.3 Å². The molecule has 2 aromatic rings. The maximum absolute atomic E-state index is 5.62. The molecule has 1 aliphatic rings. The number of rotatable bonds is 5. The largest absolute Gasteiger partial charge is 0.346 e. The molecule has 0 N–H and O–H groups in total. The monoisotopic (exact) mass is 406 g/mol. The first-order chi connectivity index (χ1) is 11.1. The highest BCUT2D eigenvalue weighted by Crippen LogP contribution is 2.29. The quantitative estimate of drug-likeness (QED) is 0.518. The number of likely N-dealkylation sites (N-methyl/N-ethyl adjacent to an activating group) is 1. The summed E-state index contributed by atoms with van der Waals surface area (Å²) in [6.45, 7) is 1.95. The molecule has 1 heterocycles. The molecular weight excluding hydrogens is 388 g/mol. The third-order valence-electron chi connectivity index (χ3n) is 4.06. The van der Waals surface area contributed by atoms with Crippen molar-refractivity contribution >= 4 is 45.0 Å². The molecule has 3 rings (SSSR count). The van der Waals surface area contributed by atoms with Crippen molar-refractivity contribution in [3.63, 3.8) is 0 Å². The number of nitrogens with zero attached hydrogens (tertiary/aromatic N) is 2. The first-order valence-corrected chi connectivity index (χ1v) is 9.79. The minimum atomic E-state index is 0.362. The van der Waals surface area contributed by atoms with Crippen LogP contribution in [0.5, 0.6) is 0 Å². The zero-order chi connectivity index (χ0) is 16.2. The molecule has 0 radical (unpaired) electrons. The summed E-state index contributed by atoms with van der Waals surface area (Å²) in [4.78, 5) is 5.83. The van der Waals surface area contributed by atoms with Crippen LogP contribution < -0.4 is 0 Å². The molecule has 1 saturated heterocycles. The topological polar surface area (TPSA) is 6.48 Å². The molecule has 1 fully saturated rings. The predicted octanol–water partition coefficient (Wildman–Crippen LogP) is 4.81. The molecule has 1 unspecified atom stereocenters. The predicted molar refractivity (Wildman–Crippen MR) is 106 cm³/mol. The van der Waals surface area contributed by atoms with Crippen LogP contribution >= 0.6 is 39.9 Å². The van der Waals surface area contributed by atoms with Crippen LogP contribution in [0.15, 0.2) is 64.0 Å². The zero-order valence-electron chi connectivity index (χ0n) is 13.0. The molecule has 1 aliphatic heterocycles. The summed E-state index contributed by atoms with van der Waals surface area (Å²) >= 11 is 11.0. The van der Waals surface area contributed by atoms with Crippen molar-refractivity contribution in [3.05, 3.63) is 64.6 Å². The third-order valence-corrected chi connectivity index (χ3v) is 6.13. The molecule has 5 heteroatoms. The van der Waals surface area contributed by atoms with E-state index in [2.05, 4.69) is 87.4 Å². The summed E-state index contributed by atoms with van der Waals surface area (Å²) < 4.78 is 1.12. The van der Waals surface area contributed by atoms with Gasteiger partial charge in [-0.2, -0.15) is 0 Å². The van der Waals surface area contributed by atoms with Gasteiger partial charge in [0.05, 0.1) is 6.04 Å². The number of halogens is 1. The molecule has 0 aromatic heterocycles.